The van der Waals surface area contributed by atoms with Crippen LogP contribution < -0.4 is 0 Å². The first kappa shape index (κ1) is 15.9. The highest BCUT2D eigenvalue weighted by molar-refractivity contribution is 4.90. The van der Waals surface area contributed by atoms with Crippen molar-refractivity contribution in [2.24, 2.45) is 5.92 Å². The molecule has 2 heterocycles. The largest absolute Gasteiger partial charge is 0.293 e. The van der Waals surface area contributed by atoms with E-state index in [-0.39, 0.29) is 6.67 Å². The third kappa shape index (κ3) is 3.86. The highest BCUT2D eigenvalue weighted by Crippen LogP contribution is 2.33. The minimum Gasteiger partial charge on any atom is -0.293 e. The van der Waals surface area contributed by atoms with Crippen molar-refractivity contribution in [3.05, 3.63) is 12.2 Å². The van der Waals surface area contributed by atoms with Crippen molar-refractivity contribution in [3.8, 4) is 0 Å². The van der Waals surface area contributed by atoms with Gasteiger partial charge in [0.15, 0.2) is 0 Å². The predicted octanol–water partition coefficient (Wildman–Crippen LogP) is 3.57. The Morgan fingerprint density at radius 2 is 1.82 bits per heavy atom. The number of aryl methyl sites for hydroxylation is 1. The second-order valence-corrected chi connectivity index (χ2v) is 6.87. The van der Waals surface area contributed by atoms with Gasteiger partial charge in [0.2, 0.25) is 0 Å². The fraction of sp³-hybridized carbons (Fsp3) is 0.882. The van der Waals surface area contributed by atoms with Gasteiger partial charge in [0.1, 0.15) is 18.8 Å². The summed E-state index contributed by atoms with van der Waals surface area (Å²) >= 11 is 0. The molecule has 0 bridgehead atoms. The molecule has 0 amide bonds. The van der Waals surface area contributed by atoms with E-state index < -0.39 is 0 Å². The van der Waals surface area contributed by atoms with Gasteiger partial charge in [-0.05, 0) is 38.1 Å². The maximum Gasteiger partial charge on any atom is 0.141 e. The van der Waals surface area contributed by atoms with Crippen LogP contribution in [0.15, 0.2) is 6.33 Å². The fourth-order valence-corrected chi connectivity index (χ4v) is 4.30. The predicted molar refractivity (Wildman–Crippen MR) is 85.2 cm³/mol. The maximum atomic E-state index is 12.6. The lowest BCUT2D eigenvalue weighted by atomic mass is 9.81. The average Bonchev–Trinajstić information content (AvgIpc) is 2.85. The lowest BCUT2D eigenvalue weighted by Crippen LogP contribution is -2.41. The van der Waals surface area contributed by atoms with Crippen LogP contribution >= 0.6 is 0 Å². The number of alkyl halides is 1. The lowest BCUT2D eigenvalue weighted by Gasteiger charge is -2.37. The molecule has 2 aliphatic rings. The minimum absolute atomic E-state index is 0.331. The number of aromatic nitrogens is 3. The molecule has 0 N–H and O–H groups in total. The summed E-state index contributed by atoms with van der Waals surface area (Å²) in [6.07, 6.45) is 13.8. The Bertz CT molecular complexity index is 442. The van der Waals surface area contributed by atoms with Crippen LogP contribution in [0.4, 0.5) is 4.39 Å². The molecule has 2 fully saturated rings. The number of rotatable bonds is 5. The Morgan fingerprint density at radius 1 is 1.05 bits per heavy atom. The maximum absolute atomic E-state index is 12.6. The van der Waals surface area contributed by atoms with Crippen molar-refractivity contribution >= 4 is 0 Å². The van der Waals surface area contributed by atoms with Crippen LogP contribution in [-0.4, -0.2) is 38.9 Å². The fourth-order valence-electron chi connectivity index (χ4n) is 4.30. The third-order valence-corrected chi connectivity index (χ3v) is 5.44. The Morgan fingerprint density at radius 3 is 2.64 bits per heavy atom. The summed E-state index contributed by atoms with van der Waals surface area (Å²) in [6.45, 7) is 1.95. The van der Waals surface area contributed by atoms with Gasteiger partial charge in [-0.25, -0.2) is 14.1 Å². The minimum atomic E-state index is -0.373. The molecule has 1 aromatic rings. The van der Waals surface area contributed by atoms with E-state index in [0.29, 0.717) is 12.6 Å². The van der Waals surface area contributed by atoms with Gasteiger partial charge < -0.3 is 0 Å². The van der Waals surface area contributed by atoms with E-state index in [0.717, 1.165) is 24.8 Å². The summed E-state index contributed by atoms with van der Waals surface area (Å²) in [5.41, 5.74) is 0. The summed E-state index contributed by atoms with van der Waals surface area (Å²) in [6, 6.07) is 0.693. The van der Waals surface area contributed by atoms with Crippen molar-refractivity contribution in [1.29, 1.82) is 0 Å². The lowest BCUT2D eigenvalue weighted by molar-refractivity contribution is 0.107. The van der Waals surface area contributed by atoms with Gasteiger partial charge in [-0.15, -0.1) is 0 Å². The van der Waals surface area contributed by atoms with Crippen LogP contribution in [0.25, 0.3) is 0 Å². The normalized spacial score (nSPS) is 25.2. The third-order valence-electron chi connectivity index (χ3n) is 5.44. The van der Waals surface area contributed by atoms with Gasteiger partial charge in [-0.3, -0.25) is 4.90 Å². The zero-order chi connectivity index (χ0) is 15.2. The van der Waals surface area contributed by atoms with Crippen molar-refractivity contribution in [3.63, 3.8) is 0 Å². The van der Waals surface area contributed by atoms with E-state index in [1.165, 1.54) is 57.8 Å². The topological polar surface area (TPSA) is 34.0 Å². The van der Waals surface area contributed by atoms with Gasteiger partial charge in [-0.1, -0.05) is 32.1 Å². The number of hydrogen-bond donors (Lipinski definition) is 0. The zero-order valence-corrected chi connectivity index (χ0v) is 13.6. The number of likely N-dealkylation sites (tertiary alicyclic amines) is 1. The molecule has 22 heavy (non-hydrogen) atoms. The van der Waals surface area contributed by atoms with E-state index in [9.17, 15) is 4.39 Å². The van der Waals surface area contributed by atoms with Crippen molar-refractivity contribution in [1.82, 2.24) is 19.7 Å². The summed E-state index contributed by atoms with van der Waals surface area (Å²) in [7, 11) is 0. The molecule has 0 radical (unpaired) electrons. The van der Waals surface area contributed by atoms with Crippen molar-refractivity contribution in [2.45, 2.75) is 76.9 Å². The Labute approximate surface area is 133 Å². The molecule has 5 heteroatoms. The van der Waals surface area contributed by atoms with Gasteiger partial charge >= 0.3 is 0 Å². The second-order valence-electron chi connectivity index (χ2n) is 6.87. The molecular formula is C17H29FN4. The molecule has 1 atom stereocenters. The molecule has 1 saturated heterocycles. The average molecular weight is 308 g/mol. The molecule has 1 aromatic heterocycles. The summed E-state index contributed by atoms with van der Waals surface area (Å²) < 4.78 is 14.4. The van der Waals surface area contributed by atoms with Crippen molar-refractivity contribution < 1.29 is 4.39 Å². The standard InChI is InChI=1S/C17H29FN4/c18-10-12-22-17(19-14-20-22)13-21-11-6-2-5-9-16(21)15-7-3-1-4-8-15/h14-16H,1-13H2/t16-/m0/s1. The van der Waals surface area contributed by atoms with E-state index >= 15 is 0 Å². The first-order chi connectivity index (χ1) is 10.9. The molecule has 4 nitrogen and oxygen atoms in total. The molecule has 1 aliphatic carbocycles. The summed E-state index contributed by atoms with van der Waals surface area (Å²) in [5.74, 6) is 1.78. The zero-order valence-electron chi connectivity index (χ0n) is 13.6. The monoisotopic (exact) mass is 308 g/mol. The summed E-state index contributed by atoms with van der Waals surface area (Å²) in [5, 5.41) is 4.17. The smallest absolute Gasteiger partial charge is 0.141 e. The first-order valence-corrected chi connectivity index (χ1v) is 9.05. The quantitative estimate of drug-likeness (QED) is 0.834. The van der Waals surface area contributed by atoms with Crippen LogP contribution in [-0.2, 0) is 13.1 Å². The van der Waals surface area contributed by atoms with E-state index in [1.54, 1.807) is 11.0 Å². The van der Waals surface area contributed by atoms with Gasteiger partial charge in [0.05, 0.1) is 13.1 Å². The summed E-state index contributed by atoms with van der Waals surface area (Å²) in [4.78, 5) is 7.01. The molecule has 0 unspecified atom stereocenters. The van der Waals surface area contributed by atoms with Crippen LogP contribution in [0.5, 0.6) is 0 Å². The van der Waals surface area contributed by atoms with E-state index in [1.807, 2.05) is 0 Å². The van der Waals surface area contributed by atoms with Crippen LogP contribution in [0, 0.1) is 5.92 Å². The molecule has 124 valence electrons. The molecule has 1 aliphatic heterocycles. The van der Waals surface area contributed by atoms with E-state index in [4.69, 9.17) is 0 Å². The van der Waals surface area contributed by atoms with Gasteiger partial charge in [-0.2, -0.15) is 5.10 Å². The molecule has 0 spiro atoms. The SMILES string of the molecule is FCCn1ncnc1CN1CCCCC[C@H]1C1CCCCC1. The molecular weight excluding hydrogens is 279 g/mol. The molecule has 0 aromatic carbocycles. The van der Waals surface area contributed by atoms with E-state index in [2.05, 4.69) is 15.0 Å². The number of halogens is 1. The Balaban J connectivity index is 1.70. The van der Waals surface area contributed by atoms with Gasteiger partial charge in [0, 0.05) is 6.04 Å². The van der Waals surface area contributed by atoms with Crippen molar-refractivity contribution in [2.75, 3.05) is 13.2 Å². The molecule has 1 saturated carbocycles. The number of hydrogen-bond acceptors (Lipinski definition) is 3. The van der Waals surface area contributed by atoms with Crippen LogP contribution in [0.1, 0.15) is 63.6 Å². The van der Waals surface area contributed by atoms with Gasteiger partial charge in [0.25, 0.3) is 0 Å². The highest BCUT2D eigenvalue weighted by Gasteiger charge is 2.30. The Kier molecular flexibility index (Phi) is 5.82. The highest BCUT2D eigenvalue weighted by atomic mass is 19.1. The molecule has 3 rings (SSSR count). The first-order valence-electron chi connectivity index (χ1n) is 9.05. The Hall–Kier alpha value is -0.970. The number of nitrogens with zero attached hydrogens (tertiary/aromatic N) is 4. The van der Waals surface area contributed by atoms with Crippen LogP contribution in [0.3, 0.4) is 0 Å². The van der Waals surface area contributed by atoms with Crippen LogP contribution in [0.2, 0.25) is 0 Å². The second kappa shape index (κ2) is 8.04.